The van der Waals surface area contributed by atoms with Gasteiger partial charge in [-0.25, -0.2) is 4.79 Å². The van der Waals surface area contributed by atoms with Crippen LogP contribution in [0.3, 0.4) is 0 Å². The summed E-state index contributed by atoms with van der Waals surface area (Å²) in [4.78, 5) is 51.1. The van der Waals surface area contributed by atoms with E-state index in [1.165, 1.54) is 36.3 Å². The standard InChI is InChI=1S/C22H32N2O5/c1-8-15(6)18(22(28)29-7)23-20(26)17-11-9-16(10-12-17)19(25)21(27)24(13(2)3)14(4)5/h9-15,18H,8H2,1-7H3,(H,23,26)/t15-,18-/m0/s1. The molecule has 0 aliphatic carbocycles. The Morgan fingerprint density at radius 1 is 0.931 bits per heavy atom. The lowest BCUT2D eigenvalue weighted by Gasteiger charge is -2.30. The minimum atomic E-state index is -0.758. The number of Topliss-reactive ketones (excluding diaryl/α,β-unsaturated/α-hetero) is 1. The molecule has 0 spiro atoms. The molecule has 0 heterocycles. The minimum absolute atomic E-state index is 0.0945. The zero-order valence-electron chi connectivity index (χ0n) is 18.3. The molecule has 7 nitrogen and oxygen atoms in total. The molecule has 29 heavy (non-hydrogen) atoms. The maximum atomic E-state index is 12.6. The summed E-state index contributed by atoms with van der Waals surface area (Å²) in [7, 11) is 1.28. The fourth-order valence-corrected chi connectivity index (χ4v) is 3.10. The van der Waals surface area contributed by atoms with Crippen molar-refractivity contribution in [1.29, 1.82) is 0 Å². The fourth-order valence-electron chi connectivity index (χ4n) is 3.10. The van der Waals surface area contributed by atoms with Crippen LogP contribution < -0.4 is 5.32 Å². The predicted molar refractivity (Wildman–Crippen MR) is 111 cm³/mol. The van der Waals surface area contributed by atoms with Crippen molar-refractivity contribution in [3.8, 4) is 0 Å². The highest BCUT2D eigenvalue weighted by Gasteiger charge is 2.29. The van der Waals surface area contributed by atoms with Gasteiger partial charge in [0.1, 0.15) is 6.04 Å². The van der Waals surface area contributed by atoms with Gasteiger partial charge in [-0.3, -0.25) is 14.4 Å². The van der Waals surface area contributed by atoms with Crippen LogP contribution in [0.4, 0.5) is 0 Å². The van der Waals surface area contributed by atoms with Gasteiger partial charge in [0.25, 0.3) is 11.8 Å². The monoisotopic (exact) mass is 404 g/mol. The molecule has 0 aliphatic rings. The highest BCUT2D eigenvalue weighted by molar-refractivity contribution is 6.42. The zero-order valence-corrected chi connectivity index (χ0v) is 18.3. The number of ether oxygens (including phenoxy) is 1. The molecule has 160 valence electrons. The van der Waals surface area contributed by atoms with Crippen LogP contribution in [0.1, 0.15) is 68.7 Å². The van der Waals surface area contributed by atoms with E-state index in [9.17, 15) is 19.2 Å². The molecule has 1 aromatic rings. The van der Waals surface area contributed by atoms with Gasteiger partial charge in [-0.15, -0.1) is 0 Å². The second-order valence-corrected chi connectivity index (χ2v) is 7.67. The van der Waals surface area contributed by atoms with Crippen LogP contribution in [0.2, 0.25) is 0 Å². The molecule has 1 rings (SSSR count). The van der Waals surface area contributed by atoms with Crippen LogP contribution in [0, 0.1) is 5.92 Å². The Bertz CT molecular complexity index is 732. The smallest absolute Gasteiger partial charge is 0.328 e. The average molecular weight is 405 g/mol. The number of nitrogens with one attached hydrogen (secondary N) is 1. The first kappa shape index (κ1) is 24.3. The van der Waals surface area contributed by atoms with Crippen molar-refractivity contribution in [1.82, 2.24) is 10.2 Å². The Hall–Kier alpha value is -2.70. The van der Waals surface area contributed by atoms with Gasteiger partial charge >= 0.3 is 5.97 Å². The summed E-state index contributed by atoms with van der Waals surface area (Å²) in [5, 5.41) is 2.68. The minimum Gasteiger partial charge on any atom is -0.467 e. The van der Waals surface area contributed by atoms with Gasteiger partial charge in [0.2, 0.25) is 5.78 Å². The van der Waals surface area contributed by atoms with E-state index in [-0.39, 0.29) is 29.1 Å². The van der Waals surface area contributed by atoms with E-state index in [1.54, 1.807) is 0 Å². The summed E-state index contributed by atoms with van der Waals surface area (Å²) in [6.07, 6.45) is 0.692. The van der Waals surface area contributed by atoms with E-state index in [0.717, 1.165) is 0 Å². The van der Waals surface area contributed by atoms with Gasteiger partial charge in [-0.1, -0.05) is 32.4 Å². The van der Waals surface area contributed by atoms with Crippen LogP contribution in [0.5, 0.6) is 0 Å². The molecule has 7 heteroatoms. The van der Waals surface area contributed by atoms with Crippen molar-refractivity contribution in [2.24, 2.45) is 5.92 Å². The highest BCUT2D eigenvalue weighted by atomic mass is 16.5. The third kappa shape index (κ3) is 6.14. The first-order chi connectivity index (χ1) is 13.5. The normalized spacial score (nSPS) is 13.0. The molecule has 0 unspecified atom stereocenters. The number of hydrogen-bond acceptors (Lipinski definition) is 5. The molecule has 0 bridgehead atoms. The van der Waals surface area contributed by atoms with Crippen LogP contribution in [0.15, 0.2) is 24.3 Å². The Morgan fingerprint density at radius 2 is 1.41 bits per heavy atom. The van der Waals surface area contributed by atoms with E-state index in [2.05, 4.69) is 5.32 Å². The molecule has 1 N–H and O–H groups in total. The number of ketones is 1. The van der Waals surface area contributed by atoms with Crippen LogP contribution in [0.25, 0.3) is 0 Å². The number of amides is 2. The van der Waals surface area contributed by atoms with E-state index in [0.29, 0.717) is 6.42 Å². The molecule has 0 fully saturated rings. The van der Waals surface area contributed by atoms with Crippen molar-refractivity contribution in [3.05, 3.63) is 35.4 Å². The lowest BCUT2D eigenvalue weighted by molar-refractivity contribution is -0.144. The van der Waals surface area contributed by atoms with E-state index < -0.39 is 29.6 Å². The third-order valence-corrected chi connectivity index (χ3v) is 4.91. The van der Waals surface area contributed by atoms with Gasteiger partial charge < -0.3 is 15.0 Å². The second kappa shape index (κ2) is 10.7. The number of rotatable bonds is 9. The lowest BCUT2D eigenvalue weighted by Crippen LogP contribution is -2.46. The molecule has 1 aromatic carbocycles. The Labute approximate surface area is 172 Å². The van der Waals surface area contributed by atoms with Gasteiger partial charge in [0, 0.05) is 23.2 Å². The quantitative estimate of drug-likeness (QED) is 0.388. The molecule has 2 atom stereocenters. The SMILES string of the molecule is CC[C@H](C)[C@H](NC(=O)c1ccc(C(=O)C(=O)N(C(C)C)C(C)C)cc1)C(=O)OC. The van der Waals surface area contributed by atoms with Crippen LogP contribution >= 0.6 is 0 Å². The third-order valence-electron chi connectivity index (χ3n) is 4.91. The zero-order chi connectivity index (χ0) is 22.3. The molecular formula is C22H32N2O5. The number of hydrogen-bond donors (Lipinski definition) is 1. The van der Waals surface area contributed by atoms with Crippen molar-refractivity contribution >= 4 is 23.6 Å². The summed E-state index contributed by atoms with van der Waals surface area (Å²) in [5.74, 6) is -2.24. The number of carbonyl (C=O) groups excluding carboxylic acids is 4. The van der Waals surface area contributed by atoms with Crippen LogP contribution in [-0.2, 0) is 14.3 Å². The molecule has 0 aromatic heterocycles. The number of carbonyl (C=O) groups is 4. The average Bonchev–Trinajstić information content (AvgIpc) is 2.69. The molecule has 0 aliphatic heterocycles. The van der Waals surface area contributed by atoms with Crippen molar-refractivity contribution in [3.63, 3.8) is 0 Å². The largest absolute Gasteiger partial charge is 0.467 e. The van der Waals surface area contributed by atoms with E-state index >= 15 is 0 Å². The van der Waals surface area contributed by atoms with Crippen LogP contribution in [-0.4, -0.2) is 53.7 Å². The summed E-state index contributed by atoms with van der Waals surface area (Å²) in [6, 6.07) is 4.87. The highest BCUT2D eigenvalue weighted by Crippen LogP contribution is 2.13. The Morgan fingerprint density at radius 3 is 1.83 bits per heavy atom. The Kier molecular flexibility index (Phi) is 9.01. The van der Waals surface area contributed by atoms with Gasteiger partial charge in [0.15, 0.2) is 0 Å². The van der Waals surface area contributed by atoms with Gasteiger partial charge in [0.05, 0.1) is 7.11 Å². The molecule has 0 saturated heterocycles. The number of benzene rings is 1. The number of nitrogens with zero attached hydrogens (tertiary/aromatic N) is 1. The molecular weight excluding hydrogens is 372 g/mol. The summed E-state index contributed by atoms with van der Waals surface area (Å²) >= 11 is 0. The van der Waals surface area contributed by atoms with Gasteiger partial charge in [-0.2, -0.15) is 0 Å². The van der Waals surface area contributed by atoms with Crippen molar-refractivity contribution in [2.45, 2.75) is 66.1 Å². The topological polar surface area (TPSA) is 92.8 Å². The maximum absolute atomic E-state index is 12.6. The fraction of sp³-hybridized carbons (Fsp3) is 0.545. The molecule has 0 saturated carbocycles. The van der Waals surface area contributed by atoms with Crippen molar-refractivity contribution in [2.75, 3.05) is 7.11 Å². The van der Waals surface area contributed by atoms with E-state index in [1.807, 2.05) is 41.5 Å². The summed E-state index contributed by atoms with van der Waals surface area (Å²) in [5.41, 5.74) is 0.500. The first-order valence-electron chi connectivity index (χ1n) is 9.90. The summed E-state index contributed by atoms with van der Waals surface area (Å²) < 4.78 is 4.77. The lowest BCUT2D eigenvalue weighted by atomic mass is 9.98. The second-order valence-electron chi connectivity index (χ2n) is 7.67. The van der Waals surface area contributed by atoms with Gasteiger partial charge in [-0.05, 0) is 45.7 Å². The maximum Gasteiger partial charge on any atom is 0.328 e. The first-order valence-corrected chi connectivity index (χ1v) is 9.90. The predicted octanol–water partition coefficient (Wildman–Crippen LogP) is 2.83. The Balaban J connectivity index is 2.97. The number of esters is 1. The summed E-state index contributed by atoms with van der Waals surface area (Å²) in [6.45, 7) is 11.2. The van der Waals surface area contributed by atoms with Crippen molar-refractivity contribution < 1.29 is 23.9 Å². The molecule has 0 radical (unpaired) electrons. The number of methoxy groups -OCH3 is 1. The van der Waals surface area contributed by atoms with E-state index in [4.69, 9.17) is 4.74 Å². The molecule has 2 amide bonds.